The smallest absolute Gasteiger partial charge is 0.241 e. The number of thioether (sulfide) groups is 1. The van der Waals surface area contributed by atoms with Gasteiger partial charge in [0.25, 0.3) is 0 Å². The molecule has 2 fully saturated rings. The molecule has 174 valence electrons. The topological polar surface area (TPSA) is 71.3 Å². The first-order valence-electron chi connectivity index (χ1n) is 11.9. The van der Waals surface area contributed by atoms with Crippen LogP contribution in [0.5, 0.6) is 0 Å². The number of carbonyl (C=O) groups excluding carboxylic acids is 1. The Balaban J connectivity index is 1.19. The molecule has 1 aliphatic carbocycles. The number of benzene rings is 1. The molecule has 8 heteroatoms. The molecule has 0 spiro atoms. The van der Waals surface area contributed by atoms with Gasteiger partial charge in [0.15, 0.2) is 0 Å². The van der Waals surface area contributed by atoms with Crippen molar-refractivity contribution in [2.45, 2.75) is 63.2 Å². The maximum absolute atomic E-state index is 12.7. The van der Waals surface area contributed by atoms with E-state index in [0.29, 0.717) is 23.3 Å². The lowest BCUT2D eigenvalue weighted by molar-refractivity contribution is -0.126. The third-order valence-electron chi connectivity index (χ3n) is 6.34. The van der Waals surface area contributed by atoms with Crippen LogP contribution in [0.15, 0.2) is 28.8 Å². The van der Waals surface area contributed by atoms with Gasteiger partial charge >= 0.3 is 0 Å². The van der Waals surface area contributed by atoms with Crippen LogP contribution < -0.4 is 5.32 Å². The summed E-state index contributed by atoms with van der Waals surface area (Å²) in [5, 5.41) is 8.69. The van der Waals surface area contributed by atoms with Crippen LogP contribution in [0, 0.1) is 5.92 Å². The summed E-state index contributed by atoms with van der Waals surface area (Å²) in [6.45, 7) is 3.00. The fourth-order valence-corrected chi connectivity index (χ4v) is 6.12. The highest BCUT2D eigenvalue weighted by atomic mass is 35.5. The molecule has 32 heavy (non-hydrogen) atoms. The second-order valence-electron chi connectivity index (χ2n) is 8.84. The molecular weight excluding hydrogens is 444 g/mol. The minimum Gasteiger partial charge on any atom is -0.356 e. The Labute approximate surface area is 199 Å². The molecule has 4 rings (SSSR count). The molecule has 0 radical (unpaired) electrons. The SMILES string of the molecule is O=C(NCCCSC1CCCCC1)C1CCCN(Cc2nc(-c3ccccc3Cl)no2)C1. The van der Waals surface area contributed by atoms with Crippen LogP contribution in [0.2, 0.25) is 5.02 Å². The van der Waals surface area contributed by atoms with Gasteiger partial charge in [-0.15, -0.1) is 0 Å². The summed E-state index contributed by atoms with van der Waals surface area (Å²) in [5.41, 5.74) is 0.765. The Kier molecular flexibility index (Phi) is 8.88. The van der Waals surface area contributed by atoms with Crippen molar-refractivity contribution in [1.29, 1.82) is 0 Å². The number of hydrogen-bond donors (Lipinski definition) is 1. The summed E-state index contributed by atoms with van der Waals surface area (Å²) < 4.78 is 5.45. The zero-order chi connectivity index (χ0) is 22.2. The zero-order valence-electron chi connectivity index (χ0n) is 18.6. The van der Waals surface area contributed by atoms with Crippen LogP contribution in [-0.4, -0.2) is 51.6 Å². The van der Waals surface area contributed by atoms with E-state index in [9.17, 15) is 4.79 Å². The summed E-state index contributed by atoms with van der Waals surface area (Å²) in [6, 6.07) is 7.47. The van der Waals surface area contributed by atoms with Gasteiger partial charge < -0.3 is 9.84 Å². The van der Waals surface area contributed by atoms with E-state index in [4.69, 9.17) is 16.1 Å². The molecular formula is C24H33ClN4O2S. The van der Waals surface area contributed by atoms with E-state index in [1.807, 2.05) is 24.3 Å². The zero-order valence-corrected chi connectivity index (χ0v) is 20.2. The molecule has 1 aliphatic heterocycles. The Morgan fingerprint density at radius 2 is 2.03 bits per heavy atom. The van der Waals surface area contributed by atoms with Crippen molar-refractivity contribution < 1.29 is 9.32 Å². The molecule has 1 saturated carbocycles. The van der Waals surface area contributed by atoms with Gasteiger partial charge in [0.2, 0.25) is 17.6 Å². The average molecular weight is 477 g/mol. The first-order chi connectivity index (χ1) is 15.7. The third-order valence-corrected chi connectivity index (χ3v) is 8.14. The summed E-state index contributed by atoms with van der Waals surface area (Å²) in [7, 11) is 0. The van der Waals surface area contributed by atoms with E-state index >= 15 is 0 Å². The summed E-state index contributed by atoms with van der Waals surface area (Å²) in [6.07, 6.45) is 9.91. The van der Waals surface area contributed by atoms with Crippen LogP contribution in [0.4, 0.5) is 0 Å². The first kappa shape index (κ1) is 23.6. The molecule has 1 saturated heterocycles. The van der Waals surface area contributed by atoms with Gasteiger partial charge in [-0.25, -0.2) is 0 Å². The van der Waals surface area contributed by atoms with Gasteiger partial charge in [-0.1, -0.05) is 48.2 Å². The van der Waals surface area contributed by atoms with E-state index in [1.165, 1.54) is 32.1 Å². The summed E-state index contributed by atoms with van der Waals surface area (Å²) >= 11 is 8.33. The number of nitrogens with zero attached hydrogens (tertiary/aromatic N) is 3. The van der Waals surface area contributed by atoms with Gasteiger partial charge in [0.1, 0.15) is 0 Å². The van der Waals surface area contributed by atoms with Crippen molar-refractivity contribution >= 4 is 29.3 Å². The first-order valence-corrected chi connectivity index (χ1v) is 13.3. The number of likely N-dealkylation sites (tertiary alicyclic amines) is 1. The molecule has 1 aromatic heterocycles. The maximum Gasteiger partial charge on any atom is 0.241 e. The third kappa shape index (κ3) is 6.72. The van der Waals surface area contributed by atoms with Crippen molar-refractivity contribution in [3.05, 3.63) is 35.2 Å². The van der Waals surface area contributed by atoms with Crippen LogP contribution in [0.1, 0.15) is 57.3 Å². The number of aromatic nitrogens is 2. The molecule has 2 aromatic rings. The van der Waals surface area contributed by atoms with Crippen LogP contribution in [-0.2, 0) is 11.3 Å². The summed E-state index contributed by atoms with van der Waals surface area (Å²) in [5.74, 6) is 2.41. The van der Waals surface area contributed by atoms with Crippen molar-refractivity contribution in [3.8, 4) is 11.4 Å². The minimum absolute atomic E-state index is 0.0284. The Morgan fingerprint density at radius 1 is 1.19 bits per heavy atom. The minimum atomic E-state index is 0.0284. The van der Waals surface area contributed by atoms with E-state index in [2.05, 4.69) is 32.1 Å². The van der Waals surface area contributed by atoms with Crippen LogP contribution >= 0.6 is 23.4 Å². The standard InChI is InChI=1S/C24H33ClN4O2S/c25-21-12-5-4-11-20(21)23-27-22(31-28-23)17-29-14-6-8-18(16-29)24(30)26-13-7-15-32-19-9-2-1-3-10-19/h4-5,11-12,18-19H,1-3,6-10,13-17H2,(H,26,30). The van der Waals surface area contributed by atoms with Gasteiger partial charge in [0, 0.05) is 23.9 Å². The van der Waals surface area contributed by atoms with Crippen molar-refractivity contribution in [2.24, 2.45) is 5.92 Å². The molecule has 1 unspecified atom stereocenters. The number of halogens is 1. The fourth-order valence-electron chi connectivity index (χ4n) is 4.59. The Hall–Kier alpha value is -1.57. The number of piperidine rings is 1. The molecule has 1 atom stereocenters. The molecule has 1 amide bonds. The van der Waals surface area contributed by atoms with Gasteiger partial charge in [0.05, 0.1) is 17.5 Å². The average Bonchev–Trinajstić information content (AvgIpc) is 3.28. The molecule has 0 bridgehead atoms. The van der Waals surface area contributed by atoms with E-state index in [1.54, 1.807) is 0 Å². The lowest BCUT2D eigenvalue weighted by Crippen LogP contribution is -2.43. The lowest BCUT2D eigenvalue weighted by Gasteiger charge is -2.30. The molecule has 2 aliphatic rings. The van der Waals surface area contributed by atoms with E-state index in [-0.39, 0.29) is 11.8 Å². The Bertz CT molecular complexity index is 871. The quantitative estimate of drug-likeness (QED) is 0.503. The molecule has 6 nitrogen and oxygen atoms in total. The van der Waals surface area contributed by atoms with Crippen molar-refractivity contribution in [2.75, 3.05) is 25.4 Å². The molecule has 1 N–H and O–H groups in total. The Morgan fingerprint density at radius 3 is 2.88 bits per heavy atom. The van der Waals surface area contributed by atoms with Gasteiger partial charge in [-0.2, -0.15) is 16.7 Å². The predicted octanol–water partition coefficient (Wildman–Crippen LogP) is 5.17. The van der Waals surface area contributed by atoms with E-state index in [0.717, 1.165) is 55.5 Å². The number of carbonyl (C=O) groups is 1. The maximum atomic E-state index is 12.7. The van der Waals surface area contributed by atoms with Crippen LogP contribution in [0.25, 0.3) is 11.4 Å². The number of nitrogens with one attached hydrogen (secondary N) is 1. The number of rotatable bonds is 9. The normalized spacial score (nSPS) is 20.3. The highest BCUT2D eigenvalue weighted by Crippen LogP contribution is 2.28. The molecule has 1 aromatic carbocycles. The largest absolute Gasteiger partial charge is 0.356 e. The van der Waals surface area contributed by atoms with Gasteiger partial charge in [-0.05, 0) is 56.5 Å². The monoisotopic (exact) mass is 476 g/mol. The molecule has 2 heterocycles. The van der Waals surface area contributed by atoms with Crippen molar-refractivity contribution in [1.82, 2.24) is 20.4 Å². The number of hydrogen-bond acceptors (Lipinski definition) is 6. The van der Waals surface area contributed by atoms with E-state index < -0.39 is 0 Å². The highest BCUT2D eigenvalue weighted by Gasteiger charge is 2.27. The van der Waals surface area contributed by atoms with Crippen molar-refractivity contribution in [3.63, 3.8) is 0 Å². The predicted molar refractivity (Wildman–Crippen MR) is 130 cm³/mol. The highest BCUT2D eigenvalue weighted by molar-refractivity contribution is 7.99. The fraction of sp³-hybridized carbons (Fsp3) is 0.625. The number of amides is 1. The van der Waals surface area contributed by atoms with Crippen LogP contribution in [0.3, 0.4) is 0 Å². The lowest BCUT2D eigenvalue weighted by atomic mass is 9.97. The summed E-state index contributed by atoms with van der Waals surface area (Å²) in [4.78, 5) is 19.4. The van der Waals surface area contributed by atoms with Gasteiger partial charge in [-0.3, -0.25) is 9.69 Å². The second kappa shape index (κ2) is 12.1. The second-order valence-corrected chi connectivity index (χ2v) is 10.7.